The van der Waals surface area contributed by atoms with Crippen LogP contribution in [0.2, 0.25) is 0 Å². The average molecular weight is 738 g/mol. The van der Waals surface area contributed by atoms with Crippen molar-refractivity contribution in [2.24, 2.45) is 22.4 Å². The standard InChI is InChI=1S/C37H50N4O2.C5H6O.C4H11N/c1-9-12-13-18-41-23-25(4)24-42-36-20-27(6)32(22-34(36)41)37(38)39-29-14-17-35(28(7)19-29)43-30-15-16-33(40(8)11-3)31(21-30)26(5)10-2;1-3-4-5(2)6;1-2-3-4-5/h11,14-17,19-22,25-26H,3,9-10,12-13,18,23-24H2,1-2,4-8H3,(H2,38,39);1-2H3;2-5H2,1H3. The summed E-state index contributed by atoms with van der Waals surface area (Å²) in [4.78, 5) is 19.2. The quantitative estimate of drug-likeness (QED) is 0.0558. The predicted octanol–water partition coefficient (Wildman–Crippen LogP) is 10.6. The molecule has 1 heterocycles. The van der Waals surface area contributed by atoms with Crippen molar-refractivity contribution in [2.75, 3.05) is 43.1 Å². The first-order valence-electron chi connectivity index (χ1n) is 19.6. The van der Waals surface area contributed by atoms with Gasteiger partial charge in [0.2, 0.25) is 5.78 Å². The molecule has 0 saturated heterocycles. The number of rotatable bonds is 14. The maximum absolute atomic E-state index is 9.87. The molecule has 4 N–H and O–H groups in total. The Kier molecular flexibility index (Phi) is 20.0. The molecule has 3 aromatic carbocycles. The largest absolute Gasteiger partial charge is 0.491 e. The Labute approximate surface area is 327 Å². The van der Waals surface area contributed by atoms with Crippen molar-refractivity contribution in [3.63, 3.8) is 0 Å². The third kappa shape index (κ3) is 14.2. The highest BCUT2D eigenvalue weighted by molar-refractivity contribution is 6.01. The number of anilines is 2. The lowest BCUT2D eigenvalue weighted by atomic mass is 9.96. The predicted molar refractivity (Wildman–Crippen MR) is 231 cm³/mol. The van der Waals surface area contributed by atoms with Gasteiger partial charge in [-0.15, -0.1) is 0 Å². The third-order valence-corrected chi connectivity index (χ3v) is 9.30. The van der Waals surface area contributed by atoms with Gasteiger partial charge in [-0.25, -0.2) is 4.99 Å². The lowest BCUT2D eigenvalue weighted by Crippen LogP contribution is -2.29. The van der Waals surface area contributed by atoms with Gasteiger partial charge in [0.15, 0.2) is 0 Å². The van der Waals surface area contributed by atoms with Gasteiger partial charge < -0.3 is 30.7 Å². The Morgan fingerprint density at radius 2 is 1.81 bits per heavy atom. The maximum Gasteiger partial charge on any atom is 0.202 e. The van der Waals surface area contributed by atoms with Crippen molar-refractivity contribution >= 4 is 28.7 Å². The van der Waals surface area contributed by atoms with Gasteiger partial charge in [-0.05, 0) is 130 Å². The minimum atomic E-state index is -0.0718. The minimum absolute atomic E-state index is 0.0718. The highest BCUT2D eigenvalue weighted by Crippen LogP contribution is 2.37. The summed E-state index contributed by atoms with van der Waals surface area (Å²) in [5.74, 6) is 8.63. The normalized spacial score (nSPS) is 13.9. The van der Waals surface area contributed by atoms with Crippen LogP contribution in [0.1, 0.15) is 115 Å². The summed E-state index contributed by atoms with van der Waals surface area (Å²) in [5, 5.41) is 0. The van der Waals surface area contributed by atoms with Crippen molar-refractivity contribution < 1.29 is 14.3 Å². The van der Waals surface area contributed by atoms with Crippen molar-refractivity contribution in [3.05, 3.63) is 83.6 Å². The van der Waals surface area contributed by atoms with E-state index in [1.165, 1.54) is 38.2 Å². The lowest BCUT2D eigenvalue weighted by molar-refractivity contribution is -0.111. The molecule has 8 heteroatoms. The number of aryl methyl sites for hydroxylation is 2. The molecule has 1 aliphatic rings. The molecule has 54 heavy (non-hydrogen) atoms. The molecule has 4 rings (SSSR count). The zero-order valence-corrected chi connectivity index (χ0v) is 34.9. The number of carbonyl (C=O) groups excluding carboxylic acids is 1. The summed E-state index contributed by atoms with van der Waals surface area (Å²) in [6, 6.07) is 16.5. The zero-order chi connectivity index (χ0) is 40.2. The van der Waals surface area contributed by atoms with Gasteiger partial charge in [0.1, 0.15) is 23.1 Å². The lowest BCUT2D eigenvalue weighted by Gasteiger charge is -2.26. The molecule has 0 aliphatic carbocycles. The third-order valence-electron chi connectivity index (χ3n) is 9.30. The van der Waals surface area contributed by atoms with Crippen molar-refractivity contribution in [1.82, 2.24) is 0 Å². The summed E-state index contributed by atoms with van der Waals surface area (Å²) < 4.78 is 12.6. The van der Waals surface area contributed by atoms with Crippen molar-refractivity contribution in [3.8, 4) is 29.1 Å². The van der Waals surface area contributed by atoms with E-state index in [1.807, 2.05) is 44.4 Å². The van der Waals surface area contributed by atoms with Crippen LogP contribution in [0.25, 0.3) is 0 Å². The summed E-state index contributed by atoms with van der Waals surface area (Å²) in [6.45, 7) is 25.8. The molecule has 294 valence electrons. The van der Waals surface area contributed by atoms with Crippen molar-refractivity contribution in [2.45, 2.75) is 107 Å². The van der Waals surface area contributed by atoms with Crippen LogP contribution in [0.4, 0.5) is 17.1 Å². The molecule has 0 saturated carbocycles. The number of amidine groups is 1. The van der Waals surface area contributed by atoms with E-state index >= 15 is 0 Å². The number of carbonyl (C=O) groups is 1. The molecule has 0 spiro atoms. The number of fused-ring (bicyclic) bond motifs is 1. The van der Waals surface area contributed by atoms with Gasteiger partial charge in [-0.2, -0.15) is 0 Å². The van der Waals surface area contributed by atoms with Gasteiger partial charge in [0.05, 0.1) is 18.0 Å². The van der Waals surface area contributed by atoms with E-state index < -0.39 is 0 Å². The number of ketones is 1. The monoisotopic (exact) mass is 738 g/mol. The molecule has 1 aliphatic heterocycles. The van der Waals surface area contributed by atoms with Crippen LogP contribution < -0.4 is 30.7 Å². The van der Waals surface area contributed by atoms with E-state index in [1.54, 1.807) is 6.92 Å². The number of Topliss-reactive ketones (excluding diaryl/α,β-unsaturated/α-hetero) is 1. The molecule has 0 amide bonds. The van der Waals surface area contributed by atoms with Gasteiger partial charge >= 0.3 is 0 Å². The smallest absolute Gasteiger partial charge is 0.202 e. The number of benzene rings is 3. The zero-order valence-electron chi connectivity index (χ0n) is 34.9. The molecule has 2 unspecified atom stereocenters. The van der Waals surface area contributed by atoms with Gasteiger partial charge in [0.25, 0.3) is 0 Å². The van der Waals surface area contributed by atoms with Gasteiger partial charge in [-0.3, -0.25) is 4.79 Å². The maximum atomic E-state index is 9.87. The second-order valence-electron chi connectivity index (χ2n) is 14.1. The van der Waals surface area contributed by atoms with Crippen LogP contribution in [0, 0.1) is 31.6 Å². The second-order valence-corrected chi connectivity index (χ2v) is 14.1. The molecule has 2 atom stereocenters. The number of aliphatic imine (C=N–C) groups is 1. The Morgan fingerprint density at radius 1 is 1.09 bits per heavy atom. The number of ether oxygens (including phenoxy) is 2. The second kappa shape index (κ2) is 23.8. The SMILES string of the molecule is C=CN(C)c1ccc(Oc2ccc(N=C(N)c3cc4c(cc3C)OCC(C)CN4CCCCC)cc2C)cc1C(C)CC.CC#CC(C)=O.CCCCN. The fraction of sp³-hybridized carbons (Fsp3) is 0.478. The molecule has 0 radical (unpaired) electrons. The van der Waals surface area contributed by atoms with E-state index in [0.717, 1.165) is 90.1 Å². The van der Waals surface area contributed by atoms with E-state index in [4.69, 9.17) is 25.9 Å². The highest BCUT2D eigenvalue weighted by atomic mass is 16.5. The first-order chi connectivity index (χ1) is 25.8. The minimum Gasteiger partial charge on any atom is -0.491 e. The fourth-order valence-electron chi connectivity index (χ4n) is 5.99. The van der Waals surface area contributed by atoms with Crippen LogP contribution in [0.15, 0.2) is 66.3 Å². The Morgan fingerprint density at radius 3 is 2.37 bits per heavy atom. The molecular weight excluding hydrogens is 671 g/mol. The van der Waals surface area contributed by atoms with E-state index in [-0.39, 0.29) is 5.78 Å². The summed E-state index contributed by atoms with van der Waals surface area (Å²) >= 11 is 0. The van der Waals surface area contributed by atoms with Crippen LogP contribution in [0.3, 0.4) is 0 Å². The summed E-state index contributed by atoms with van der Waals surface area (Å²) in [7, 11) is 2.02. The Bertz CT molecular complexity index is 1740. The van der Waals surface area contributed by atoms with Crippen molar-refractivity contribution in [1.29, 1.82) is 0 Å². The molecule has 0 bridgehead atoms. The molecule has 3 aromatic rings. The number of unbranched alkanes of at least 4 members (excludes halogenated alkanes) is 3. The average Bonchev–Trinajstić information content (AvgIpc) is 3.29. The van der Waals surface area contributed by atoms with E-state index in [9.17, 15) is 4.79 Å². The van der Waals surface area contributed by atoms with Gasteiger partial charge in [-0.1, -0.05) is 66.4 Å². The van der Waals surface area contributed by atoms with Crippen LogP contribution >= 0.6 is 0 Å². The summed E-state index contributed by atoms with van der Waals surface area (Å²) in [6.07, 6.45) is 8.85. The van der Waals surface area contributed by atoms with E-state index in [2.05, 4.69) is 94.0 Å². The van der Waals surface area contributed by atoms with Crippen LogP contribution in [-0.4, -0.2) is 44.9 Å². The molecule has 0 fully saturated rings. The number of nitrogens with two attached hydrogens (primary N) is 2. The van der Waals surface area contributed by atoms with Gasteiger partial charge in [0, 0.05) is 44.2 Å². The number of hydrogen-bond acceptors (Lipinski definition) is 7. The van der Waals surface area contributed by atoms with E-state index in [0.29, 0.717) is 17.7 Å². The molecular formula is C46H67N5O3. The number of hydrogen-bond donors (Lipinski definition) is 2. The highest BCUT2D eigenvalue weighted by Gasteiger charge is 2.23. The molecule has 8 nitrogen and oxygen atoms in total. The summed E-state index contributed by atoms with van der Waals surface area (Å²) in [5.41, 5.74) is 19.1. The Balaban J connectivity index is 0.000000801. The number of nitrogens with zero attached hydrogens (tertiary/aromatic N) is 3. The van der Waals surface area contributed by atoms with Crippen LogP contribution in [-0.2, 0) is 4.79 Å². The molecule has 0 aromatic heterocycles. The van der Waals surface area contributed by atoms with Crippen LogP contribution in [0.5, 0.6) is 17.2 Å². The fourth-order valence-corrected chi connectivity index (χ4v) is 5.99. The Hall–Kier alpha value is -4.74. The first kappa shape index (κ1) is 45.4. The topological polar surface area (TPSA) is 106 Å². The first-order valence-corrected chi connectivity index (χ1v) is 19.6.